The molecule has 2 aromatic rings. The average Bonchev–Trinajstić information content (AvgIpc) is 2.55. The summed E-state index contributed by atoms with van der Waals surface area (Å²) in [6.07, 6.45) is -3.49. The molecule has 3 rings (SSSR count). The van der Waals surface area contributed by atoms with Crippen LogP contribution in [0.4, 0.5) is 30.4 Å². The summed E-state index contributed by atoms with van der Waals surface area (Å²) in [7, 11) is 0. The normalized spacial score (nSPS) is 15.6. The van der Waals surface area contributed by atoms with Crippen LogP contribution in [0.3, 0.4) is 0 Å². The van der Waals surface area contributed by atoms with Gasteiger partial charge in [0.25, 0.3) is 0 Å². The van der Waals surface area contributed by atoms with Gasteiger partial charge in [-0.25, -0.2) is 4.98 Å². The molecular formula is C17H19F3N4. The predicted molar refractivity (Wildman–Crippen MR) is 89.3 cm³/mol. The third-order valence-corrected chi connectivity index (χ3v) is 4.10. The van der Waals surface area contributed by atoms with E-state index in [1.165, 1.54) is 0 Å². The van der Waals surface area contributed by atoms with E-state index in [0.29, 0.717) is 43.1 Å². The number of nitrogens with two attached hydrogens (primary N) is 1. The summed E-state index contributed by atoms with van der Waals surface area (Å²) >= 11 is 0. The maximum absolute atomic E-state index is 12.8. The Labute approximate surface area is 138 Å². The minimum Gasteiger partial charge on any atom is -0.397 e. The fraction of sp³-hybridized carbons (Fsp3) is 0.353. The first-order valence-corrected chi connectivity index (χ1v) is 7.78. The second-order valence-electron chi connectivity index (χ2n) is 5.84. The maximum atomic E-state index is 12.8. The van der Waals surface area contributed by atoms with Gasteiger partial charge in [0.2, 0.25) is 0 Å². The monoisotopic (exact) mass is 336 g/mol. The maximum Gasteiger partial charge on any atom is 0.393 e. The van der Waals surface area contributed by atoms with Gasteiger partial charge in [-0.15, -0.1) is 0 Å². The van der Waals surface area contributed by atoms with Crippen molar-refractivity contribution in [1.82, 2.24) is 4.98 Å². The van der Waals surface area contributed by atoms with Crippen LogP contribution in [-0.4, -0.2) is 37.3 Å². The number of aromatic nitrogens is 1. The topological polar surface area (TPSA) is 45.4 Å². The third-order valence-electron chi connectivity index (χ3n) is 4.10. The van der Waals surface area contributed by atoms with Crippen molar-refractivity contribution < 1.29 is 13.2 Å². The van der Waals surface area contributed by atoms with Gasteiger partial charge >= 0.3 is 6.18 Å². The van der Waals surface area contributed by atoms with Gasteiger partial charge in [-0.2, -0.15) is 13.2 Å². The van der Waals surface area contributed by atoms with Crippen LogP contribution in [0, 0.1) is 0 Å². The van der Waals surface area contributed by atoms with Gasteiger partial charge < -0.3 is 15.5 Å². The molecule has 7 heteroatoms. The van der Waals surface area contributed by atoms with Crippen molar-refractivity contribution in [2.75, 3.05) is 41.7 Å². The lowest BCUT2D eigenvalue weighted by atomic mass is 10.1. The molecule has 1 saturated heterocycles. The molecule has 0 spiro atoms. The standard InChI is InChI=1S/C17H19F3N4/c18-17(19,20)11-13-3-1-2-4-15(13)23-7-9-24(10-8-23)16-6-5-14(21)12-22-16/h1-6,12H,7-11,21H2. The van der Waals surface area contributed by atoms with Crippen molar-refractivity contribution in [3.05, 3.63) is 48.2 Å². The van der Waals surface area contributed by atoms with Crippen LogP contribution >= 0.6 is 0 Å². The fourth-order valence-corrected chi connectivity index (χ4v) is 2.95. The average molecular weight is 336 g/mol. The number of hydrogen-bond acceptors (Lipinski definition) is 4. The molecule has 2 N–H and O–H groups in total. The number of hydrogen-bond donors (Lipinski definition) is 1. The Hall–Kier alpha value is -2.44. The molecule has 1 aromatic carbocycles. The molecule has 0 bridgehead atoms. The number of piperazine rings is 1. The minimum absolute atomic E-state index is 0.323. The van der Waals surface area contributed by atoms with E-state index in [0.717, 1.165) is 5.82 Å². The molecule has 0 unspecified atom stereocenters. The smallest absolute Gasteiger partial charge is 0.393 e. The molecule has 4 nitrogen and oxygen atoms in total. The first-order valence-electron chi connectivity index (χ1n) is 7.78. The van der Waals surface area contributed by atoms with Crippen LogP contribution in [0.15, 0.2) is 42.6 Å². The van der Waals surface area contributed by atoms with Gasteiger partial charge in [-0.3, -0.25) is 0 Å². The number of benzene rings is 1. The highest BCUT2D eigenvalue weighted by Gasteiger charge is 2.30. The highest BCUT2D eigenvalue weighted by atomic mass is 19.4. The number of alkyl halides is 3. The second kappa shape index (κ2) is 6.59. The third kappa shape index (κ3) is 3.90. The zero-order chi connectivity index (χ0) is 17.2. The van der Waals surface area contributed by atoms with Crippen LogP contribution < -0.4 is 15.5 Å². The van der Waals surface area contributed by atoms with Crippen LogP contribution in [0.2, 0.25) is 0 Å². The lowest BCUT2D eigenvalue weighted by Crippen LogP contribution is -2.47. The van der Waals surface area contributed by atoms with Gasteiger partial charge in [0.1, 0.15) is 5.82 Å². The molecule has 0 atom stereocenters. The van der Waals surface area contributed by atoms with E-state index < -0.39 is 12.6 Å². The number of pyridine rings is 1. The number of anilines is 3. The molecule has 0 aliphatic carbocycles. The molecule has 0 amide bonds. The van der Waals surface area contributed by atoms with Gasteiger partial charge in [-0.1, -0.05) is 18.2 Å². The Balaban J connectivity index is 1.70. The Bertz CT molecular complexity index is 677. The molecule has 0 saturated carbocycles. The van der Waals surface area contributed by atoms with Crippen molar-refractivity contribution in [3.8, 4) is 0 Å². The minimum atomic E-state index is -4.20. The van der Waals surface area contributed by atoms with Gasteiger partial charge in [-0.05, 0) is 23.8 Å². The van der Waals surface area contributed by atoms with E-state index >= 15 is 0 Å². The van der Waals surface area contributed by atoms with Crippen molar-refractivity contribution in [2.24, 2.45) is 0 Å². The van der Waals surface area contributed by atoms with Crippen LogP contribution in [0.5, 0.6) is 0 Å². The summed E-state index contributed by atoms with van der Waals surface area (Å²) in [5.41, 5.74) is 7.24. The summed E-state index contributed by atoms with van der Waals surface area (Å²) in [5, 5.41) is 0. The Morgan fingerprint density at radius 1 is 0.958 bits per heavy atom. The highest BCUT2D eigenvalue weighted by Crippen LogP contribution is 2.29. The molecule has 1 aliphatic heterocycles. The second-order valence-corrected chi connectivity index (χ2v) is 5.84. The van der Waals surface area contributed by atoms with Crippen LogP contribution in [0.1, 0.15) is 5.56 Å². The van der Waals surface area contributed by atoms with Crippen LogP contribution in [-0.2, 0) is 6.42 Å². The van der Waals surface area contributed by atoms with E-state index in [1.807, 2.05) is 11.0 Å². The van der Waals surface area contributed by atoms with E-state index in [9.17, 15) is 13.2 Å². The van der Waals surface area contributed by atoms with Crippen molar-refractivity contribution in [1.29, 1.82) is 0 Å². The van der Waals surface area contributed by atoms with Crippen molar-refractivity contribution >= 4 is 17.2 Å². The SMILES string of the molecule is Nc1ccc(N2CCN(c3ccccc3CC(F)(F)F)CC2)nc1. The fourth-order valence-electron chi connectivity index (χ4n) is 2.95. The lowest BCUT2D eigenvalue weighted by Gasteiger charge is -2.37. The summed E-state index contributed by atoms with van der Waals surface area (Å²) < 4.78 is 38.3. The summed E-state index contributed by atoms with van der Waals surface area (Å²) in [6, 6.07) is 10.4. The van der Waals surface area contributed by atoms with Gasteiger partial charge in [0, 0.05) is 31.9 Å². The quantitative estimate of drug-likeness (QED) is 0.936. The van der Waals surface area contributed by atoms with E-state index in [1.54, 1.807) is 36.5 Å². The zero-order valence-electron chi connectivity index (χ0n) is 13.1. The largest absolute Gasteiger partial charge is 0.397 e. The van der Waals surface area contributed by atoms with E-state index in [2.05, 4.69) is 9.88 Å². The molecule has 128 valence electrons. The number of nitrogen functional groups attached to an aromatic ring is 1. The first kappa shape index (κ1) is 16.4. The van der Waals surface area contributed by atoms with Crippen molar-refractivity contribution in [3.63, 3.8) is 0 Å². The number of nitrogens with zero attached hydrogens (tertiary/aromatic N) is 3. The molecular weight excluding hydrogens is 317 g/mol. The highest BCUT2D eigenvalue weighted by molar-refractivity contribution is 5.56. The van der Waals surface area contributed by atoms with E-state index in [4.69, 9.17) is 5.73 Å². The first-order chi connectivity index (χ1) is 11.4. The number of para-hydroxylation sites is 1. The van der Waals surface area contributed by atoms with Gasteiger partial charge in [0.05, 0.1) is 18.3 Å². The molecule has 2 heterocycles. The summed E-state index contributed by atoms with van der Waals surface area (Å²) in [5.74, 6) is 0.840. The van der Waals surface area contributed by atoms with Crippen molar-refractivity contribution in [2.45, 2.75) is 12.6 Å². The van der Waals surface area contributed by atoms with E-state index in [-0.39, 0.29) is 0 Å². The Morgan fingerprint density at radius 2 is 1.62 bits per heavy atom. The predicted octanol–water partition coefficient (Wildman–Crippen LogP) is 3.10. The molecule has 1 fully saturated rings. The Morgan fingerprint density at radius 3 is 2.25 bits per heavy atom. The van der Waals surface area contributed by atoms with Crippen LogP contribution in [0.25, 0.3) is 0 Å². The number of rotatable bonds is 3. The Kier molecular flexibility index (Phi) is 4.51. The lowest BCUT2D eigenvalue weighted by molar-refractivity contribution is -0.127. The molecule has 1 aromatic heterocycles. The molecule has 0 radical (unpaired) electrons. The zero-order valence-corrected chi connectivity index (χ0v) is 13.1. The number of halogens is 3. The summed E-state index contributed by atoms with van der Waals surface area (Å²) in [4.78, 5) is 8.42. The van der Waals surface area contributed by atoms with Gasteiger partial charge in [0.15, 0.2) is 0 Å². The molecule has 24 heavy (non-hydrogen) atoms. The molecule has 1 aliphatic rings. The summed E-state index contributed by atoms with van der Waals surface area (Å²) in [6.45, 7) is 2.72.